The van der Waals surface area contributed by atoms with E-state index in [0.29, 0.717) is 23.3 Å². The summed E-state index contributed by atoms with van der Waals surface area (Å²) in [4.78, 5) is 20.7. The molecule has 0 saturated heterocycles. The van der Waals surface area contributed by atoms with Gasteiger partial charge in [0.05, 0.1) is 11.9 Å². The van der Waals surface area contributed by atoms with E-state index in [1.807, 2.05) is 34.9 Å². The Balaban J connectivity index is 0.000000164. The van der Waals surface area contributed by atoms with Gasteiger partial charge in [0.25, 0.3) is 0 Å². The van der Waals surface area contributed by atoms with Crippen LogP contribution in [0.5, 0.6) is 0 Å². The number of hydrogen-bond donors (Lipinski definition) is 0. The second kappa shape index (κ2) is 9.55. The van der Waals surface area contributed by atoms with E-state index in [1.54, 1.807) is 37.9 Å². The van der Waals surface area contributed by atoms with Crippen molar-refractivity contribution in [3.05, 3.63) is 91.4 Å². The summed E-state index contributed by atoms with van der Waals surface area (Å²) >= 11 is 0. The number of nitrogens with zero attached hydrogens (tertiary/aromatic N) is 8. The topological polar surface area (TPSA) is 96.4 Å². The monoisotopic (exact) mass is 597 g/mol. The normalized spacial score (nSPS) is 10.4. The molecule has 6 aromatic rings. The minimum Gasteiger partial charge on any atom is -0.421 e. The van der Waals surface area contributed by atoms with Gasteiger partial charge in [0.15, 0.2) is 0 Å². The molecule has 32 heavy (non-hydrogen) atoms. The third-order valence-electron chi connectivity index (χ3n) is 4.59. The van der Waals surface area contributed by atoms with E-state index in [0.717, 1.165) is 11.0 Å². The van der Waals surface area contributed by atoms with Crippen molar-refractivity contribution in [3.63, 3.8) is 0 Å². The van der Waals surface area contributed by atoms with Gasteiger partial charge in [-0.3, -0.25) is 15.1 Å². The van der Waals surface area contributed by atoms with Crippen LogP contribution in [-0.4, -0.2) is 34.6 Å². The molecule has 0 fully saturated rings. The molecule has 159 valence electrons. The standard InChI is InChI=1S/C16H10N3.C7H6N5.Ir/c1-3-8-14-12(6-1)13-7-2-4-9-15(13)19(14)16-17-10-5-11-18-16;1-5-10-7(12-11-5)6-4-8-2-3-9-6;/h1-8,10-11H;2-4H,1H3;/q2*-1;. The Labute approximate surface area is 197 Å². The van der Waals surface area contributed by atoms with Crippen molar-refractivity contribution in [2.75, 3.05) is 0 Å². The van der Waals surface area contributed by atoms with Crippen LogP contribution in [0.25, 0.3) is 39.3 Å². The predicted molar refractivity (Wildman–Crippen MR) is 116 cm³/mol. The van der Waals surface area contributed by atoms with Crippen molar-refractivity contribution in [2.45, 2.75) is 6.92 Å². The van der Waals surface area contributed by atoms with E-state index in [2.05, 4.69) is 59.4 Å². The van der Waals surface area contributed by atoms with Crippen molar-refractivity contribution in [3.8, 4) is 17.5 Å². The van der Waals surface area contributed by atoms with Gasteiger partial charge in [-0.15, -0.1) is 5.39 Å². The van der Waals surface area contributed by atoms with Crippen molar-refractivity contribution in [1.29, 1.82) is 0 Å². The number of aryl methyl sites for hydroxylation is 1. The number of benzene rings is 2. The molecule has 0 amide bonds. The number of hydrogen-bond acceptors (Lipinski definition) is 6. The first-order valence-electron chi connectivity index (χ1n) is 9.59. The fourth-order valence-corrected chi connectivity index (χ4v) is 3.30. The van der Waals surface area contributed by atoms with Gasteiger partial charge in [0, 0.05) is 56.2 Å². The average molecular weight is 597 g/mol. The maximum absolute atomic E-state index is 4.35. The molecule has 0 bridgehead atoms. The molecule has 4 aromatic heterocycles. The first kappa shape index (κ1) is 21.4. The molecule has 0 aliphatic carbocycles. The summed E-state index contributed by atoms with van der Waals surface area (Å²) in [5.74, 6) is 1.85. The Bertz CT molecular complexity index is 1390. The quantitative estimate of drug-likeness (QED) is 0.282. The van der Waals surface area contributed by atoms with Gasteiger partial charge in [0.1, 0.15) is 0 Å². The van der Waals surface area contributed by atoms with E-state index in [-0.39, 0.29) is 20.1 Å². The fourth-order valence-electron chi connectivity index (χ4n) is 3.30. The van der Waals surface area contributed by atoms with Gasteiger partial charge in [0.2, 0.25) is 5.95 Å². The largest absolute Gasteiger partial charge is 0.421 e. The van der Waals surface area contributed by atoms with Crippen molar-refractivity contribution in [2.24, 2.45) is 0 Å². The van der Waals surface area contributed by atoms with Crippen molar-refractivity contribution < 1.29 is 20.1 Å². The summed E-state index contributed by atoms with van der Waals surface area (Å²) in [5, 5.41) is 9.95. The smallest absolute Gasteiger partial charge is 0.232 e. The maximum Gasteiger partial charge on any atom is 0.232 e. The third-order valence-corrected chi connectivity index (χ3v) is 4.59. The number of fused-ring (bicyclic) bond motifs is 3. The SMILES string of the molecule is Cc1n[n-]c(-c2cnccn2)n1.[Ir].[c-]1cccc2c3ccccc3n(-c3ncccn3)c12. The van der Waals surface area contributed by atoms with Crippen molar-refractivity contribution >= 4 is 21.8 Å². The van der Waals surface area contributed by atoms with Crippen LogP contribution in [0.3, 0.4) is 0 Å². The van der Waals surface area contributed by atoms with Crippen molar-refractivity contribution in [1.82, 2.24) is 39.7 Å². The van der Waals surface area contributed by atoms with Gasteiger partial charge in [-0.2, -0.15) is 24.3 Å². The third kappa shape index (κ3) is 4.16. The Hall–Kier alpha value is -3.81. The average Bonchev–Trinajstić information content (AvgIpc) is 3.42. The Kier molecular flexibility index (Phi) is 6.39. The second-order valence-corrected chi connectivity index (χ2v) is 6.61. The van der Waals surface area contributed by atoms with E-state index >= 15 is 0 Å². The summed E-state index contributed by atoms with van der Waals surface area (Å²) in [6, 6.07) is 19.4. The first-order valence-corrected chi connectivity index (χ1v) is 9.59. The van der Waals surface area contributed by atoms with E-state index < -0.39 is 0 Å². The van der Waals surface area contributed by atoms with Crippen LogP contribution >= 0.6 is 0 Å². The molecule has 4 heterocycles. The zero-order valence-electron chi connectivity index (χ0n) is 16.9. The van der Waals surface area contributed by atoms with Crippen LogP contribution in [0.4, 0.5) is 0 Å². The maximum atomic E-state index is 4.35. The number of aromatic nitrogens is 8. The van der Waals surface area contributed by atoms with Gasteiger partial charge < -0.3 is 14.6 Å². The van der Waals surface area contributed by atoms with Crippen LogP contribution in [0.2, 0.25) is 0 Å². The van der Waals surface area contributed by atoms with Crippen LogP contribution in [0, 0.1) is 13.0 Å². The van der Waals surface area contributed by atoms with Gasteiger partial charge in [-0.1, -0.05) is 23.7 Å². The molecular formula is C23H16IrN8-2. The van der Waals surface area contributed by atoms with Crippen LogP contribution < -0.4 is 5.10 Å². The summed E-state index contributed by atoms with van der Waals surface area (Å²) in [5.41, 5.74) is 2.76. The summed E-state index contributed by atoms with van der Waals surface area (Å²) in [6.07, 6.45) is 8.32. The molecule has 2 aromatic carbocycles. The molecule has 9 heteroatoms. The zero-order valence-corrected chi connectivity index (χ0v) is 19.3. The first-order chi connectivity index (χ1) is 15.3. The zero-order chi connectivity index (χ0) is 21.0. The van der Waals surface area contributed by atoms with Crippen LogP contribution in [0.1, 0.15) is 5.82 Å². The van der Waals surface area contributed by atoms with Crippen LogP contribution in [-0.2, 0) is 20.1 Å². The fraction of sp³-hybridized carbons (Fsp3) is 0.0435. The predicted octanol–water partition coefficient (Wildman–Crippen LogP) is 3.57. The van der Waals surface area contributed by atoms with Crippen LogP contribution in [0.15, 0.2) is 79.5 Å². The number of para-hydroxylation sites is 2. The molecule has 0 atom stereocenters. The molecule has 6 rings (SSSR count). The minimum atomic E-state index is 0. The summed E-state index contributed by atoms with van der Waals surface area (Å²) < 4.78 is 2.05. The second-order valence-electron chi connectivity index (χ2n) is 6.61. The van der Waals surface area contributed by atoms with Gasteiger partial charge >= 0.3 is 0 Å². The Morgan fingerprint density at radius 1 is 0.875 bits per heavy atom. The molecule has 0 N–H and O–H groups in total. The minimum absolute atomic E-state index is 0. The molecule has 0 aliphatic rings. The molecule has 0 aliphatic heterocycles. The molecule has 1 radical (unpaired) electrons. The molecule has 8 nitrogen and oxygen atoms in total. The molecule has 0 unspecified atom stereocenters. The molecule has 0 saturated carbocycles. The number of rotatable bonds is 2. The van der Waals surface area contributed by atoms with E-state index in [4.69, 9.17) is 0 Å². The van der Waals surface area contributed by atoms with Gasteiger partial charge in [-0.25, -0.2) is 9.97 Å². The Morgan fingerprint density at radius 2 is 1.69 bits per heavy atom. The van der Waals surface area contributed by atoms with E-state index in [1.165, 1.54) is 10.8 Å². The molecule has 0 spiro atoms. The summed E-state index contributed by atoms with van der Waals surface area (Å²) in [7, 11) is 0. The molecular weight excluding hydrogens is 581 g/mol. The Morgan fingerprint density at radius 3 is 2.44 bits per heavy atom. The van der Waals surface area contributed by atoms with E-state index in [9.17, 15) is 0 Å². The van der Waals surface area contributed by atoms with Gasteiger partial charge in [-0.05, 0) is 30.3 Å². The summed E-state index contributed by atoms with van der Waals surface area (Å²) in [6.45, 7) is 1.78.